The first kappa shape index (κ1) is 20.1. The van der Waals surface area contributed by atoms with Crippen molar-refractivity contribution in [1.29, 1.82) is 0 Å². The van der Waals surface area contributed by atoms with Crippen LogP contribution in [0.1, 0.15) is 16.8 Å². The molecule has 1 saturated heterocycles. The fourth-order valence-electron chi connectivity index (χ4n) is 3.00. The molecule has 1 aliphatic rings. The minimum absolute atomic E-state index is 0.0246. The maximum atomic E-state index is 13.9. The van der Waals surface area contributed by atoms with E-state index < -0.39 is 11.6 Å². The highest BCUT2D eigenvalue weighted by Crippen LogP contribution is 2.24. The molecule has 0 bridgehead atoms. The van der Waals surface area contributed by atoms with E-state index in [-0.39, 0.29) is 34.8 Å². The Morgan fingerprint density at radius 1 is 1.00 bits per heavy atom. The predicted molar refractivity (Wildman–Crippen MR) is 100 cm³/mol. The van der Waals surface area contributed by atoms with Gasteiger partial charge in [0, 0.05) is 26.2 Å². The average Bonchev–Trinajstić information content (AvgIpc) is 2.93. The second-order valence-electron chi connectivity index (χ2n) is 6.37. The van der Waals surface area contributed by atoms with E-state index >= 15 is 0 Å². The number of rotatable bonds is 4. The van der Waals surface area contributed by atoms with E-state index in [1.54, 1.807) is 15.9 Å². The second-order valence-corrected chi connectivity index (χ2v) is 6.78. The van der Waals surface area contributed by atoms with Crippen LogP contribution < -0.4 is 4.74 Å². The largest absolute Gasteiger partial charge is 0.482 e. The third-order valence-electron chi connectivity index (χ3n) is 4.49. The highest BCUT2D eigenvalue weighted by molar-refractivity contribution is 6.32. The SMILES string of the molecule is O=C(COc1ccc(F)cc1Cl)N1CCCN(C(=O)c2ccccc2F)CC1. The molecule has 28 heavy (non-hydrogen) atoms. The minimum Gasteiger partial charge on any atom is -0.482 e. The Balaban J connectivity index is 1.56. The maximum Gasteiger partial charge on any atom is 0.260 e. The molecule has 0 spiro atoms. The van der Waals surface area contributed by atoms with Crippen LogP contribution in [0.4, 0.5) is 8.78 Å². The number of ether oxygens (including phenoxy) is 1. The van der Waals surface area contributed by atoms with Gasteiger partial charge in [0.15, 0.2) is 6.61 Å². The lowest BCUT2D eigenvalue weighted by atomic mass is 10.2. The lowest BCUT2D eigenvalue weighted by Crippen LogP contribution is -2.39. The van der Waals surface area contributed by atoms with Crippen LogP contribution in [0, 0.1) is 11.6 Å². The van der Waals surface area contributed by atoms with Crippen LogP contribution in [-0.2, 0) is 4.79 Å². The predicted octanol–water partition coefficient (Wildman–Crippen LogP) is 3.37. The smallest absolute Gasteiger partial charge is 0.260 e. The highest BCUT2D eigenvalue weighted by atomic mass is 35.5. The van der Waals surface area contributed by atoms with Crippen molar-refractivity contribution >= 4 is 23.4 Å². The molecule has 0 unspecified atom stereocenters. The van der Waals surface area contributed by atoms with Gasteiger partial charge >= 0.3 is 0 Å². The zero-order chi connectivity index (χ0) is 20.1. The first-order valence-electron chi connectivity index (χ1n) is 8.85. The fourth-order valence-corrected chi connectivity index (χ4v) is 3.22. The number of amides is 2. The van der Waals surface area contributed by atoms with E-state index in [0.717, 1.165) is 6.07 Å². The summed E-state index contributed by atoms with van der Waals surface area (Å²) in [6.45, 7) is 1.27. The van der Waals surface area contributed by atoms with Gasteiger partial charge < -0.3 is 14.5 Å². The third kappa shape index (κ3) is 4.78. The van der Waals surface area contributed by atoms with Crippen LogP contribution in [0.2, 0.25) is 5.02 Å². The first-order valence-corrected chi connectivity index (χ1v) is 9.23. The number of benzene rings is 2. The molecule has 0 radical (unpaired) electrons. The number of halogens is 3. The monoisotopic (exact) mass is 408 g/mol. The molecule has 2 amide bonds. The van der Waals surface area contributed by atoms with Crippen molar-refractivity contribution in [3.63, 3.8) is 0 Å². The summed E-state index contributed by atoms with van der Waals surface area (Å²) in [7, 11) is 0. The molecule has 0 aromatic heterocycles. The molecular formula is C20H19ClF2N2O3. The Bertz CT molecular complexity index is 878. The van der Waals surface area contributed by atoms with Crippen molar-refractivity contribution in [2.75, 3.05) is 32.8 Å². The molecule has 5 nitrogen and oxygen atoms in total. The van der Waals surface area contributed by atoms with Crippen LogP contribution in [0.25, 0.3) is 0 Å². The van der Waals surface area contributed by atoms with Crippen molar-refractivity contribution in [3.8, 4) is 5.75 Å². The van der Waals surface area contributed by atoms with E-state index in [1.165, 1.54) is 30.3 Å². The van der Waals surface area contributed by atoms with Crippen LogP contribution in [0.15, 0.2) is 42.5 Å². The summed E-state index contributed by atoms with van der Waals surface area (Å²) in [5, 5.41) is 0.0883. The van der Waals surface area contributed by atoms with E-state index in [1.807, 2.05) is 0 Å². The molecule has 0 saturated carbocycles. The number of hydrogen-bond donors (Lipinski definition) is 0. The summed E-state index contributed by atoms with van der Waals surface area (Å²) < 4.78 is 32.3. The number of carbonyl (C=O) groups is 2. The van der Waals surface area contributed by atoms with Gasteiger partial charge in [-0.05, 0) is 36.8 Å². The summed E-state index contributed by atoms with van der Waals surface area (Å²) in [5.41, 5.74) is 0.0246. The van der Waals surface area contributed by atoms with Gasteiger partial charge in [-0.3, -0.25) is 9.59 Å². The van der Waals surface area contributed by atoms with Crippen LogP contribution in [0.3, 0.4) is 0 Å². The van der Waals surface area contributed by atoms with Crippen molar-refractivity contribution in [3.05, 3.63) is 64.7 Å². The van der Waals surface area contributed by atoms with Crippen LogP contribution in [0.5, 0.6) is 5.75 Å². The van der Waals surface area contributed by atoms with E-state index in [2.05, 4.69) is 0 Å². The molecule has 0 aliphatic carbocycles. The summed E-state index contributed by atoms with van der Waals surface area (Å²) in [6, 6.07) is 9.51. The van der Waals surface area contributed by atoms with Crippen molar-refractivity contribution < 1.29 is 23.1 Å². The van der Waals surface area contributed by atoms with Crippen molar-refractivity contribution in [1.82, 2.24) is 9.80 Å². The Morgan fingerprint density at radius 3 is 2.46 bits per heavy atom. The number of nitrogens with zero attached hydrogens (tertiary/aromatic N) is 2. The second kappa shape index (κ2) is 9.01. The molecular weight excluding hydrogens is 390 g/mol. The molecule has 1 fully saturated rings. The molecule has 2 aromatic rings. The summed E-state index contributed by atoms with van der Waals surface area (Å²) >= 11 is 5.89. The Labute approximate surface area is 166 Å². The van der Waals surface area contributed by atoms with Crippen molar-refractivity contribution in [2.45, 2.75) is 6.42 Å². The molecule has 1 heterocycles. The van der Waals surface area contributed by atoms with Gasteiger partial charge in [-0.25, -0.2) is 8.78 Å². The summed E-state index contributed by atoms with van der Waals surface area (Å²) in [6.07, 6.45) is 0.573. The van der Waals surface area contributed by atoms with Crippen molar-refractivity contribution in [2.24, 2.45) is 0 Å². The lowest BCUT2D eigenvalue weighted by molar-refractivity contribution is -0.133. The lowest BCUT2D eigenvalue weighted by Gasteiger charge is -2.22. The van der Waals surface area contributed by atoms with Crippen LogP contribution >= 0.6 is 11.6 Å². The number of carbonyl (C=O) groups excluding carboxylic acids is 2. The third-order valence-corrected chi connectivity index (χ3v) is 4.78. The zero-order valence-corrected chi connectivity index (χ0v) is 15.8. The molecule has 8 heteroatoms. The van der Waals surface area contributed by atoms with Crippen LogP contribution in [-0.4, -0.2) is 54.4 Å². The van der Waals surface area contributed by atoms with Gasteiger partial charge in [0.1, 0.15) is 17.4 Å². The van der Waals surface area contributed by atoms with E-state index in [9.17, 15) is 18.4 Å². The number of hydrogen-bond acceptors (Lipinski definition) is 3. The van der Waals surface area contributed by atoms with Gasteiger partial charge in [0.2, 0.25) is 0 Å². The van der Waals surface area contributed by atoms with Gasteiger partial charge in [-0.1, -0.05) is 23.7 Å². The summed E-state index contributed by atoms with van der Waals surface area (Å²) in [4.78, 5) is 28.1. The van der Waals surface area contributed by atoms with Gasteiger partial charge in [0.05, 0.1) is 10.6 Å². The van der Waals surface area contributed by atoms with E-state index in [0.29, 0.717) is 32.6 Å². The molecule has 0 N–H and O–H groups in total. The van der Waals surface area contributed by atoms with Gasteiger partial charge in [-0.15, -0.1) is 0 Å². The van der Waals surface area contributed by atoms with Gasteiger partial charge in [0.25, 0.3) is 11.8 Å². The quantitative estimate of drug-likeness (QED) is 0.779. The van der Waals surface area contributed by atoms with E-state index in [4.69, 9.17) is 16.3 Å². The Kier molecular flexibility index (Phi) is 6.46. The molecule has 148 valence electrons. The Hall–Kier alpha value is -2.67. The average molecular weight is 409 g/mol. The maximum absolute atomic E-state index is 13.9. The molecule has 1 aliphatic heterocycles. The molecule has 0 atom stereocenters. The van der Waals surface area contributed by atoms with Gasteiger partial charge in [-0.2, -0.15) is 0 Å². The molecule has 2 aromatic carbocycles. The topological polar surface area (TPSA) is 49.9 Å². The summed E-state index contributed by atoms with van der Waals surface area (Å²) in [5.74, 6) is -1.48. The zero-order valence-electron chi connectivity index (χ0n) is 15.0. The fraction of sp³-hybridized carbons (Fsp3) is 0.300. The Morgan fingerprint density at radius 2 is 1.71 bits per heavy atom. The normalized spacial score (nSPS) is 14.5. The standard InChI is InChI=1S/C20H19ClF2N2O3/c21-16-12-14(22)6-7-18(16)28-13-19(26)24-8-3-9-25(11-10-24)20(27)15-4-1-2-5-17(15)23/h1-2,4-7,12H,3,8-11,13H2. The highest BCUT2D eigenvalue weighted by Gasteiger charge is 2.24. The first-order chi connectivity index (χ1) is 13.5. The minimum atomic E-state index is -0.561. The molecule has 3 rings (SSSR count).